The van der Waals surface area contributed by atoms with Crippen molar-refractivity contribution >= 4 is 12.1 Å². The summed E-state index contributed by atoms with van der Waals surface area (Å²) in [4.78, 5) is 35.8. The molecule has 1 aliphatic rings. The number of alkyl carbamates (subject to hydrolysis) is 1. The van der Waals surface area contributed by atoms with Gasteiger partial charge in [-0.1, -0.05) is 19.8 Å². The monoisotopic (exact) mass is 528 g/mol. The molecule has 0 saturated heterocycles. The molecule has 0 aliphatic carbocycles. The molecular formula is C29H40N2O7. The predicted octanol–water partition coefficient (Wildman–Crippen LogP) is 5.58. The molecule has 0 radical (unpaired) electrons. The molecule has 1 amide bonds. The molecule has 9 nitrogen and oxygen atoms in total. The van der Waals surface area contributed by atoms with Crippen LogP contribution in [0.25, 0.3) is 11.3 Å². The summed E-state index contributed by atoms with van der Waals surface area (Å²) >= 11 is 0. The zero-order chi connectivity index (χ0) is 27.9. The minimum Gasteiger partial charge on any atom is -0.493 e. The smallest absolute Gasteiger partial charge is 0.407 e. The number of amides is 1. The zero-order valence-electron chi connectivity index (χ0n) is 23.1. The van der Waals surface area contributed by atoms with Crippen molar-refractivity contribution in [3.05, 3.63) is 45.7 Å². The van der Waals surface area contributed by atoms with E-state index in [1.54, 1.807) is 7.11 Å². The summed E-state index contributed by atoms with van der Waals surface area (Å²) in [5.74, 6) is 0.00988. The molecule has 1 atom stereocenters. The first-order valence-electron chi connectivity index (χ1n) is 13.3. The zero-order valence-corrected chi connectivity index (χ0v) is 23.1. The first kappa shape index (κ1) is 29.1. The Bertz CT molecular complexity index is 1200. The third kappa shape index (κ3) is 7.52. The van der Waals surface area contributed by atoms with E-state index in [9.17, 15) is 19.5 Å². The van der Waals surface area contributed by atoms with Gasteiger partial charge < -0.3 is 29.2 Å². The van der Waals surface area contributed by atoms with Gasteiger partial charge in [0.25, 0.3) is 0 Å². The Morgan fingerprint density at radius 1 is 1.11 bits per heavy atom. The molecule has 1 aromatic heterocycles. The van der Waals surface area contributed by atoms with Crippen LogP contribution in [0.15, 0.2) is 29.2 Å². The quantitative estimate of drug-likeness (QED) is 0.366. The number of pyridine rings is 1. The fourth-order valence-corrected chi connectivity index (χ4v) is 4.68. The molecule has 0 spiro atoms. The first-order chi connectivity index (χ1) is 18.0. The van der Waals surface area contributed by atoms with Crippen molar-refractivity contribution in [1.29, 1.82) is 0 Å². The lowest BCUT2D eigenvalue weighted by molar-refractivity contribution is 0.0526. The average Bonchev–Trinajstić information content (AvgIpc) is 2.99. The molecular weight excluding hydrogens is 488 g/mol. The SMILES string of the molecule is CCC1CCc2cc(OCCCCCCNC(=O)OC(C)(C)C)c(OC)cc2-c2cc(=O)c(C(=O)O)cn21. The Morgan fingerprint density at radius 2 is 1.84 bits per heavy atom. The highest BCUT2D eigenvalue weighted by Crippen LogP contribution is 2.40. The van der Waals surface area contributed by atoms with E-state index in [0.29, 0.717) is 30.3 Å². The topological polar surface area (TPSA) is 116 Å². The van der Waals surface area contributed by atoms with Gasteiger partial charge in [0.2, 0.25) is 0 Å². The van der Waals surface area contributed by atoms with E-state index in [1.165, 1.54) is 12.3 Å². The number of aryl methyl sites for hydroxylation is 1. The van der Waals surface area contributed by atoms with Gasteiger partial charge in [-0.25, -0.2) is 9.59 Å². The molecule has 208 valence electrons. The maximum Gasteiger partial charge on any atom is 0.407 e. The van der Waals surface area contributed by atoms with Crippen LogP contribution in [0.1, 0.15) is 88.2 Å². The van der Waals surface area contributed by atoms with Crippen molar-refractivity contribution < 1.29 is 28.9 Å². The fraction of sp³-hybridized carbons (Fsp3) is 0.552. The molecule has 0 fully saturated rings. The molecule has 0 saturated carbocycles. The number of benzene rings is 1. The fourth-order valence-electron chi connectivity index (χ4n) is 4.68. The Morgan fingerprint density at radius 3 is 2.50 bits per heavy atom. The van der Waals surface area contributed by atoms with Crippen LogP contribution in [0.4, 0.5) is 4.79 Å². The molecule has 9 heteroatoms. The molecule has 3 rings (SSSR count). The maximum atomic E-state index is 12.6. The number of aromatic nitrogens is 1. The number of unbranched alkanes of at least 4 members (excludes halogenated alkanes) is 3. The van der Waals surface area contributed by atoms with Crippen molar-refractivity contribution in [3.8, 4) is 22.8 Å². The Kier molecular flexibility index (Phi) is 9.83. The van der Waals surface area contributed by atoms with Gasteiger partial charge in [-0.2, -0.15) is 0 Å². The summed E-state index contributed by atoms with van der Waals surface area (Å²) < 4.78 is 18.9. The number of carboxylic acids is 1. The van der Waals surface area contributed by atoms with Crippen molar-refractivity contribution in [3.63, 3.8) is 0 Å². The standard InChI is InChI=1S/C29H40N2O7/c1-6-20-12-11-19-15-26(37-14-10-8-7-9-13-30-28(35)38-29(2,3)4)25(36-5)16-21(19)23-17-24(32)22(27(33)34)18-31(20)23/h15-18,20H,6-14H2,1-5H3,(H,30,35)(H,33,34). The van der Waals surface area contributed by atoms with Crippen molar-refractivity contribution in [2.75, 3.05) is 20.3 Å². The van der Waals surface area contributed by atoms with Gasteiger partial charge in [0, 0.05) is 30.4 Å². The Balaban J connectivity index is 1.63. The summed E-state index contributed by atoms with van der Waals surface area (Å²) in [5, 5.41) is 12.2. The third-order valence-corrected chi connectivity index (χ3v) is 6.58. The number of carbonyl (C=O) groups is 2. The van der Waals surface area contributed by atoms with Crippen LogP contribution in [0.2, 0.25) is 0 Å². The largest absolute Gasteiger partial charge is 0.493 e. The Labute approximate surface area is 224 Å². The van der Waals surface area contributed by atoms with Crippen LogP contribution in [0.3, 0.4) is 0 Å². The minimum absolute atomic E-state index is 0.0799. The van der Waals surface area contributed by atoms with Gasteiger partial charge in [0.05, 0.1) is 19.4 Å². The van der Waals surface area contributed by atoms with Crippen molar-refractivity contribution in [1.82, 2.24) is 9.88 Å². The number of ether oxygens (including phenoxy) is 3. The maximum absolute atomic E-state index is 12.6. The van der Waals surface area contributed by atoms with Gasteiger partial charge in [-0.15, -0.1) is 0 Å². The summed E-state index contributed by atoms with van der Waals surface area (Å²) in [5.41, 5.74) is 1.37. The van der Waals surface area contributed by atoms with E-state index in [0.717, 1.165) is 56.1 Å². The minimum atomic E-state index is -1.22. The summed E-state index contributed by atoms with van der Waals surface area (Å²) in [6.45, 7) is 8.68. The number of carbonyl (C=O) groups excluding carboxylic acids is 1. The number of nitrogens with zero attached hydrogens (tertiary/aromatic N) is 1. The molecule has 0 bridgehead atoms. The second-order valence-electron chi connectivity index (χ2n) is 10.6. The van der Waals surface area contributed by atoms with Crippen molar-refractivity contribution in [2.45, 2.75) is 84.3 Å². The highest BCUT2D eigenvalue weighted by atomic mass is 16.6. The van der Waals surface area contributed by atoms with E-state index >= 15 is 0 Å². The number of carboxylic acid groups (broad SMARTS) is 1. The van der Waals surface area contributed by atoms with Gasteiger partial charge >= 0.3 is 12.1 Å². The number of aromatic carboxylic acids is 1. The highest BCUT2D eigenvalue weighted by molar-refractivity contribution is 5.87. The molecule has 1 aromatic carbocycles. The van der Waals surface area contributed by atoms with E-state index in [-0.39, 0.29) is 11.6 Å². The summed E-state index contributed by atoms with van der Waals surface area (Å²) in [6, 6.07) is 5.37. The molecule has 1 aliphatic heterocycles. The molecule has 2 heterocycles. The van der Waals surface area contributed by atoms with Gasteiger partial charge in [-0.05, 0) is 70.6 Å². The number of fused-ring (bicyclic) bond motifs is 3. The normalized spacial score (nSPS) is 14.6. The highest BCUT2D eigenvalue weighted by Gasteiger charge is 2.25. The van der Waals surface area contributed by atoms with E-state index in [1.807, 2.05) is 37.5 Å². The number of hydrogen-bond acceptors (Lipinski definition) is 6. The molecule has 2 aromatic rings. The number of methoxy groups -OCH3 is 1. The third-order valence-electron chi connectivity index (χ3n) is 6.58. The van der Waals surface area contributed by atoms with Crippen LogP contribution in [0, 0.1) is 0 Å². The average molecular weight is 529 g/mol. The van der Waals surface area contributed by atoms with E-state index < -0.39 is 23.1 Å². The first-order valence-corrected chi connectivity index (χ1v) is 13.3. The molecule has 2 N–H and O–H groups in total. The number of nitrogens with one attached hydrogen (secondary N) is 1. The lowest BCUT2D eigenvalue weighted by Gasteiger charge is -2.21. The summed E-state index contributed by atoms with van der Waals surface area (Å²) in [6.07, 6.45) is 7.14. The second kappa shape index (κ2) is 12.8. The predicted molar refractivity (Wildman–Crippen MR) is 145 cm³/mol. The van der Waals surface area contributed by atoms with Crippen LogP contribution in [-0.4, -0.2) is 47.6 Å². The Hall–Kier alpha value is -3.49. The van der Waals surface area contributed by atoms with E-state index in [4.69, 9.17) is 14.2 Å². The lowest BCUT2D eigenvalue weighted by Crippen LogP contribution is -2.32. The number of rotatable bonds is 11. The van der Waals surface area contributed by atoms with E-state index in [2.05, 4.69) is 12.2 Å². The lowest BCUT2D eigenvalue weighted by atomic mass is 9.99. The van der Waals surface area contributed by atoms with Crippen LogP contribution >= 0.6 is 0 Å². The summed E-state index contributed by atoms with van der Waals surface area (Å²) in [7, 11) is 1.58. The number of hydrogen-bond donors (Lipinski definition) is 2. The van der Waals surface area contributed by atoms with Gasteiger partial charge in [-0.3, -0.25) is 4.79 Å². The van der Waals surface area contributed by atoms with Crippen LogP contribution in [0.5, 0.6) is 11.5 Å². The van der Waals surface area contributed by atoms with Gasteiger partial charge in [0.15, 0.2) is 16.9 Å². The van der Waals surface area contributed by atoms with Crippen LogP contribution < -0.4 is 20.2 Å². The van der Waals surface area contributed by atoms with Gasteiger partial charge in [0.1, 0.15) is 11.2 Å². The second-order valence-corrected chi connectivity index (χ2v) is 10.6. The molecule has 38 heavy (non-hydrogen) atoms. The molecule has 1 unspecified atom stereocenters. The van der Waals surface area contributed by atoms with Crippen LogP contribution in [-0.2, 0) is 11.2 Å². The van der Waals surface area contributed by atoms with Crippen molar-refractivity contribution in [2.24, 2.45) is 0 Å².